The molecule has 0 unspecified atom stereocenters. The van der Waals surface area contributed by atoms with E-state index in [2.05, 4.69) is 42.7 Å². The van der Waals surface area contributed by atoms with Crippen LogP contribution in [-0.2, 0) is 28.2 Å². The van der Waals surface area contributed by atoms with Gasteiger partial charge in [-0.25, -0.2) is 4.57 Å². The summed E-state index contributed by atoms with van der Waals surface area (Å²) in [5, 5.41) is 0. The van der Waals surface area contributed by atoms with E-state index in [-0.39, 0.29) is 49.0 Å². The van der Waals surface area contributed by atoms with Gasteiger partial charge in [0.25, 0.3) is 0 Å². The molecule has 0 aliphatic heterocycles. The molecule has 49 heavy (non-hydrogen) atoms. The Balaban J connectivity index is 0. The van der Waals surface area contributed by atoms with Gasteiger partial charge < -0.3 is 19.3 Å². The van der Waals surface area contributed by atoms with E-state index in [1.165, 1.54) is 89.9 Å². The topological polar surface area (TPSA) is 119 Å². The van der Waals surface area contributed by atoms with Crippen LogP contribution in [0.2, 0.25) is 0 Å². The molecular weight excluding hydrogens is 650 g/mol. The fourth-order valence-electron chi connectivity index (χ4n) is 5.48. The van der Waals surface area contributed by atoms with E-state index < -0.39 is 32.5 Å². The average molecular weight is 724 g/mol. The molecule has 0 aliphatic carbocycles. The third kappa shape index (κ3) is 41.8. The molecule has 0 saturated carbocycles. The maximum atomic E-state index is 12.4. The molecule has 0 spiro atoms. The first-order chi connectivity index (χ1) is 23.3. The summed E-state index contributed by atoms with van der Waals surface area (Å²) in [5.41, 5.74) is 0. The van der Waals surface area contributed by atoms with Crippen molar-refractivity contribution in [2.45, 2.75) is 200 Å². The Morgan fingerprint density at radius 2 is 0.878 bits per heavy atom. The summed E-state index contributed by atoms with van der Waals surface area (Å²) in [6.45, 7) is 3.66. The molecule has 1 atom stereocenters. The van der Waals surface area contributed by atoms with E-state index >= 15 is 0 Å². The van der Waals surface area contributed by atoms with Crippen LogP contribution in [0.15, 0.2) is 24.3 Å². The van der Waals surface area contributed by atoms with Gasteiger partial charge in [0.2, 0.25) is 0 Å². The Kier molecular flexibility index (Phi) is 40.0. The number of carbonyl (C=O) groups is 2. The molecule has 1 radical (unpaired) electrons. The minimum absolute atomic E-state index is 0. The van der Waals surface area contributed by atoms with Crippen LogP contribution in [0.25, 0.3) is 0 Å². The van der Waals surface area contributed by atoms with Gasteiger partial charge in [-0.3, -0.25) is 14.1 Å². The number of carbonyl (C=O) groups excluding carboxylic acids is 2. The van der Waals surface area contributed by atoms with Crippen molar-refractivity contribution in [1.82, 2.24) is 0 Å². The minimum Gasteiger partial charge on any atom is -0.462 e. The fourth-order valence-corrected chi connectivity index (χ4v) is 5.84. The number of hydrogen-bond donors (Lipinski definition) is 2. The summed E-state index contributed by atoms with van der Waals surface area (Å²) >= 11 is 0. The second-order valence-electron chi connectivity index (χ2n) is 13.2. The summed E-state index contributed by atoms with van der Waals surface area (Å²) in [6, 6.07) is 0. The first kappa shape index (κ1) is 50.6. The SMILES string of the molecule is CCCCCCCC/C=C\CCCCCCCC(=O)OC[C@H](COP(=O)(O)O)OC(=O)CCCCCCC/C=C\CCCCCCCC.[Na]. The number of rotatable bonds is 36. The van der Waals surface area contributed by atoms with Gasteiger partial charge in [0, 0.05) is 42.4 Å². The summed E-state index contributed by atoms with van der Waals surface area (Å²) in [7, 11) is -4.75. The first-order valence-corrected chi connectivity index (χ1v) is 21.2. The van der Waals surface area contributed by atoms with Crippen molar-refractivity contribution in [1.29, 1.82) is 0 Å². The monoisotopic (exact) mass is 723 g/mol. The molecule has 0 fully saturated rings. The molecule has 0 aromatic rings. The number of allylic oxidation sites excluding steroid dienone is 4. The molecular formula is C39H73NaO8P. The van der Waals surface area contributed by atoms with Crippen LogP contribution in [0.1, 0.15) is 194 Å². The maximum Gasteiger partial charge on any atom is 0.469 e. The number of hydrogen-bond acceptors (Lipinski definition) is 6. The summed E-state index contributed by atoms with van der Waals surface area (Å²) in [4.78, 5) is 42.7. The fraction of sp³-hybridized carbons (Fsp3) is 0.846. The van der Waals surface area contributed by atoms with Crippen LogP contribution in [0.5, 0.6) is 0 Å². The van der Waals surface area contributed by atoms with Gasteiger partial charge >= 0.3 is 19.8 Å². The smallest absolute Gasteiger partial charge is 0.462 e. The van der Waals surface area contributed by atoms with Crippen LogP contribution in [0, 0.1) is 0 Å². The number of esters is 2. The van der Waals surface area contributed by atoms with E-state index in [9.17, 15) is 14.2 Å². The Labute approximate surface area is 322 Å². The van der Waals surface area contributed by atoms with E-state index in [1.54, 1.807) is 0 Å². The Bertz CT molecular complexity index is 845. The van der Waals surface area contributed by atoms with Gasteiger partial charge in [0.15, 0.2) is 6.10 Å². The second-order valence-corrected chi connectivity index (χ2v) is 14.5. The molecule has 8 nitrogen and oxygen atoms in total. The molecule has 0 saturated heterocycles. The molecule has 2 N–H and O–H groups in total. The van der Waals surface area contributed by atoms with E-state index in [4.69, 9.17) is 19.3 Å². The molecule has 0 heterocycles. The van der Waals surface area contributed by atoms with E-state index in [0.717, 1.165) is 64.2 Å². The molecule has 283 valence electrons. The molecule has 0 amide bonds. The summed E-state index contributed by atoms with van der Waals surface area (Å²) in [6.07, 6.45) is 38.9. The standard InChI is InChI=1S/C39H73O8P.Na/c1-3-5-7-9-11-13-15-17-19-21-23-25-27-29-31-33-38(40)45-35-37(36-46-48(42,43)44)47-39(41)34-32-30-28-26-24-22-20-18-16-14-12-10-8-6-4-2;/h17-20,37H,3-16,21-36H2,1-2H3,(H2,42,43,44);/b19-17-,20-18-;/t37-;/m1./s1. The molecule has 0 bridgehead atoms. The number of phosphoric acid groups is 1. The number of phosphoric ester groups is 1. The third-order valence-electron chi connectivity index (χ3n) is 8.44. The van der Waals surface area contributed by atoms with Crippen LogP contribution < -0.4 is 0 Å². The Morgan fingerprint density at radius 1 is 0.531 bits per heavy atom. The predicted octanol–water partition coefficient (Wildman–Crippen LogP) is 11.2. The molecule has 0 aliphatic rings. The van der Waals surface area contributed by atoms with Crippen molar-refractivity contribution in [2.24, 2.45) is 0 Å². The largest absolute Gasteiger partial charge is 0.469 e. The number of ether oxygens (including phenoxy) is 2. The Hall–Kier alpha value is -0.470. The zero-order chi connectivity index (χ0) is 35.4. The maximum absolute atomic E-state index is 12.4. The van der Waals surface area contributed by atoms with Crippen molar-refractivity contribution in [3.63, 3.8) is 0 Å². The molecule has 0 rings (SSSR count). The molecule has 0 aromatic carbocycles. The van der Waals surface area contributed by atoms with Crippen LogP contribution in [0.3, 0.4) is 0 Å². The van der Waals surface area contributed by atoms with Gasteiger partial charge in [0.1, 0.15) is 6.61 Å². The molecule has 10 heteroatoms. The first-order valence-electron chi connectivity index (χ1n) is 19.6. The van der Waals surface area contributed by atoms with Crippen molar-refractivity contribution >= 4 is 49.3 Å². The van der Waals surface area contributed by atoms with Gasteiger partial charge in [0.05, 0.1) is 6.61 Å². The summed E-state index contributed by atoms with van der Waals surface area (Å²) < 4.78 is 26.3. The van der Waals surface area contributed by atoms with Crippen LogP contribution in [0.4, 0.5) is 0 Å². The van der Waals surface area contributed by atoms with Crippen LogP contribution in [-0.4, -0.2) is 70.6 Å². The van der Waals surface area contributed by atoms with Crippen molar-refractivity contribution in [2.75, 3.05) is 13.2 Å². The molecule has 0 aromatic heterocycles. The van der Waals surface area contributed by atoms with Gasteiger partial charge in [-0.05, 0) is 64.2 Å². The quantitative estimate of drug-likeness (QED) is 0.0215. The van der Waals surface area contributed by atoms with Gasteiger partial charge in [-0.1, -0.05) is 141 Å². The van der Waals surface area contributed by atoms with Crippen LogP contribution >= 0.6 is 7.82 Å². The van der Waals surface area contributed by atoms with E-state index in [1.807, 2.05) is 0 Å². The normalized spacial score (nSPS) is 12.4. The zero-order valence-electron chi connectivity index (χ0n) is 31.9. The second kappa shape index (κ2) is 38.8. The zero-order valence-corrected chi connectivity index (χ0v) is 34.8. The third-order valence-corrected chi connectivity index (χ3v) is 8.93. The van der Waals surface area contributed by atoms with Crippen molar-refractivity contribution < 1.29 is 37.9 Å². The number of unbranched alkanes of at least 4 members (excludes halogenated alkanes) is 22. The van der Waals surface area contributed by atoms with Gasteiger partial charge in [-0.15, -0.1) is 0 Å². The predicted molar refractivity (Wildman–Crippen MR) is 203 cm³/mol. The van der Waals surface area contributed by atoms with Gasteiger partial charge in [-0.2, -0.15) is 0 Å². The van der Waals surface area contributed by atoms with Crippen molar-refractivity contribution in [3.8, 4) is 0 Å². The van der Waals surface area contributed by atoms with E-state index in [0.29, 0.717) is 12.8 Å². The minimum atomic E-state index is -4.75. The average Bonchev–Trinajstić information content (AvgIpc) is 3.05. The van der Waals surface area contributed by atoms with Crippen molar-refractivity contribution in [3.05, 3.63) is 24.3 Å². The summed E-state index contributed by atoms with van der Waals surface area (Å²) in [5.74, 6) is -0.901. The Morgan fingerprint density at radius 3 is 1.27 bits per heavy atom.